The molecule has 1 heterocycles. The summed E-state index contributed by atoms with van der Waals surface area (Å²) >= 11 is 0. The van der Waals surface area contributed by atoms with Gasteiger partial charge in [0.25, 0.3) is 0 Å². The van der Waals surface area contributed by atoms with E-state index in [1.807, 2.05) is 4.90 Å². The Bertz CT molecular complexity index is 284. The molecular weight excluding hydrogens is 256 g/mol. The molecule has 5 heteroatoms. The van der Waals surface area contributed by atoms with E-state index in [2.05, 4.69) is 26.1 Å². The lowest BCUT2D eigenvalue weighted by atomic mass is 10.0. The standard InChI is InChI=1S/C15H30N2O3/c1-5-6-16-14-11-20-10-13(14)15(18)17(7-8-19-4)9-12(2)3/h12-14,16H,5-11H2,1-4H3. The molecule has 0 aromatic rings. The van der Waals surface area contributed by atoms with Gasteiger partial charge in [0, 0.05) is 26.2 Å². The topological polar surface area (TPSA) is 50.8 Å². The van der Waals surface area contributed by atoms with Gasteiger partial charge in [0.2, 0.25) is 5.91 Å². The van der Waals surface area contributed by atoms with Crippen LogP contribution in [0, 0.1) is 11.8 Å². The zero-order valence-corrected chi connectivity index (χ0v) is 13.4. The van der Waals surface area contributed by atoms with Crippen LogP contribution in [0.3, 0.4) is 0 Å². The summed E-state index contributed by atoms with van der Waals surface area (Å²) in [5, 5.41) is 3.42. The number of rotatable bonds is 9. The zero-order chi connectivity index (χ0) is 15.0. The summed E-state index contributed by atoms with van der Waals surface area (Å²) in [7, 11) is 1.67. The number of carbonyl (C=O) groups is 1. The van der Waals surface area contributed by atoms with Gasteiger partial charge < -0.3 is 19.7 Å². The highest BCUT2D eigenvalue weighted by Crippen LogP contribution is 2.17. The van der Waals surface area contributed by atoms with E-state index in [9.17, 15) is 4.79 Å². The summed E-state index contributed by atoms with van der Waals surface area (Å²) in [6.45, 7) is 10.5. The van der Waals surface area contributed by atoms with Crippen LogP contribution in [0.4, 0.5) is 0 Å². The van der Waals surface area contributed by atoms with Crippen molar-refractivity contribution in [3.05, 3.63) is 0 Å². The number of carbonyl (C=O) groups excluding carboxylic acids is 1. The van der Waals surface area contributed by atoms with Crippen molar-refractivity contribution >= 4 is 5.91 Å². The lowest BCUT2D eigenvalue weighted by Gasteiger charge is -2.29. The lowest BCUT2D eigenvalue weighted by Crippen LogP contribution is -2.47. The molecule has 5 nitrogen and oxygen atoms in total. The highest BCUT2D eigenvalue weighted by molar-refractivity contribution is 5.80. The molecule has 1 saturated heterocycles. The summed E-state index contributed by atoms with van der Waals surface area (Å²) in [4.78, 5) is 14.6. The molecule has 0 aromatic heterocycles. The Balaban J connectivity index is 2.61. The van der Waals surface area contributed by atoms with Gasteiger partial charge in [0.1, 0.15) is 0 Å². The Hall–Kier alpha value is -0.650. The van der Waals surface area contributed by atoms with Crippen molar-refractivity contribution in [1.29, 1.82) is 0 Å². The molecule has 1 fully saturated rings. The van der Waals surface area contributed by atoms with Crippen molar-refractivity contribution in [2.45, 2.75) is 33.2 Å². The van der Waals surface area contributed by atoms with Crippen LogP contribution in [0.25, 0.3) is 0 Å². The van der Waals surface area contributed by atoms with Crippen molar-refractivity contribution in [2.75, 3.05) is 46.6 Å². The van der Waals surface area contributed by atoms with Gasteiger partial charge in [-0.05, 0) is 18.9 Å². The molecular formula is C15H30N2O3. The molecule has 1 aliphatic heterocycles. The summed E-state index contributed by atoms with van der Waals surface area (Å²) in [6.07, 6.45) is 1.07. The van der Waals surface area contributed by atoms with E-state index < -0.39 is 0 Å². The molecule has 0 aromatic carbocycles. The van der Waals surface area contributed by atoms with E-state index >= 15 is 0 Å². The molecule has 1 amide bonds. The fraction of sp³-hybridized carbons (Fsp3) is 0.933. The van der Waals surface area contributed by atoms with Crippen LogP contribution in [0.15, 0.2) is 0 Å². The molecule has 118 valence electrons. The lowest BCUT2D eigenvalue weighted by molar-refractivity contribution is -0.137. The molecule has 1 aliphatic rings. The first-order valence-corrected chi connectivity index (χ1v) is 7.69. The predicted octanol–water partition coefficient (Wildman–Crippen LogP) is 1.13. The van der Waals surface area contributed by atoms with Crippen LogP contribution < -0.4 is 5.32 Å². The van der Waals surface area contributed by atoms with Crippen LogP contribution in [0.2, 0.25) is 0 Å². The third kappa shape index (κ3) is 5.38. The first-order valence-electron chi connectivity index (χ1n) is 7.69. The molecule has 0 spiro atoms. The minimum atomic E-state index is -0.0582. The van der Waals surface area contributed by atoms with Crippen LogP contribution in [-0.2, 0) is 14.3 Å². The zero-order valence-electron chi connectivity index (χ0n) is 13.4. The number of methoxy groups -OCH3 is 1. The van der Waals surface area contributed by atoms with Gasteiger partial charge in [-0.25, -0.2) is 0 Å². The predicted molar refractivity (Wildman–Crippen MR) is 79.7 cm³/mol. The van der Waals surface area contributed by atoms with E-state index in [1.165, 1.54) is 0 Å². The Labute approximate surface area is 123 Å². The average Bonchev–Trinajstić information content (AvgIpc) is 2.88. The first-order chi connectivity index (χ1) is 9.60. The fourth-order valence-corrected chi connectivity index (χ4v) is 2.50. The Morgan fingerprint density at radius 3 is 2.80 bits per heavy atom. The summed E-state index contributed by atoms with van der Waals surface area (Å²) < 4.78 is 10.6. The highest BCUT2D eigenvalue weighted by atomic mass is 16.5. The molecule has 20 heavy (non-hydrogen) atoms. The fourth-order valence-electron chi connectivity index (χ4n) is 2.50. The molecule has 0 saturated carbocycles. The van der Waals surface area contributed by atoms with Gasteiger partial charge in [-0.15, -0.1) is 0 Å². The maximum absolute atomic E-state index is 12.7. The van der Waals surface area contributed by atoms with E-state index in [0.29, 0.717) is 32.3 Å². The normalized spacial score (nSPS) is 22.4. The van der Waals surface area contributed by atoms with E-state index in [4.69, 9.17) is 9.47 Å². The minimum absolute atomic E-state index is 0.0582. The van der Waals surface area contributed by atoms with Crippen molar-refractivity contribution < 1.29 is 14.3 Å². The smallest absolute Gasteiger partial charge is 0.229 e. The number of nitrogens with one attached hydrogen (secondary N) is 1. The second kappa shape index (κ2) is 9.32. The number of hydrogen-bond acceptors (Lipinski definition) is 4. The summed E-state index contributed by atoms with van der Waals surface area (Å²) in [5.74, 6) is 0.596. The monoisotopic (exact) mass is 286 g/mol. The molecule has 0 radical (unpaired) electrons. The van der Waals surface area contributed by atoms with Crippen molar-refractivity contribution in [2.24, 2.45) is 11.8 Å². The van der Waals surface area contributed by atoms with E-state index in [-0.39, 0.29) is 17.9 Å². The highest BCUT2D eigenvalue weighted by Gasteiger charge is 2.36. The number of ether oxygens (including phenoxy) is 2. The maximum atomic E-state index is 12.7. The van der Waals surface area contributed by atoms with Crippen LogP contribution in [0.1, 0.15) is 27.2 Å². The van der Waals surface area contributed by atoms with Gasteiger partial charge in [0.05, 0.1) is 25.7 Å². The molecule has 1 rings (SSSR count). The quantitative estimate of drug-likeness (QED) is 0.690. The van der Waals surface area contributed by atoms with Crippen molar-refractivity contribution in [3.8, 4) is 0 Å². The van der Waals surface area contributed by atoms with Crippen LogP contribution >= 0.6 is 0 Å². The second-order valence-corrected chi connectivity index (χ2v) is 5.88. The molecule has 0 bridgehead atoms. The average molecular weight is 286 g/mol. The van der Waals surface area contributed by atoms with E-state index in [1.54, 1.807) is 7.11 Å². The van der Waals surface area contributed by atoms with E-state index in [0.717, 1.165) is 19.5 Å². The van der Waals surface area contributed by atoms with Crippen LogP contribution in [0.5, 0.6) is 0 Å². The van der Waals surface area contributed by atoms with Gasteiger partial charge in [0.15, 0.2) is 0 Å². The number of nitrogens with zero attached hydrogens (tertiary/aromatic N) is 1. The molecule has 2 atom stereocenters. The summed E-state index contributed by atoms with van der Waals surface area (Å²) in [5.41, 5.74) is 0. The molecule has 1 N–H and O–H groups in total. The first kappa shape index (κ1) is 17.4. The van der Waals surface area contributed by atoms with Gasteiger partial charge in [-0.1, -0.05) is 20.8 Å². The molecule has 2 unspecified atom stereocenters. The Morgan fingerprint density at radius 2 is 2.20 bits per heavy atom. The maximum Gasteiger partial charge on any atom is 0.229 e. The minimum Gasteiger partial charge on any atom is -0.383 e. The largest absolute Gasteiger partial charge is 0.383 e. The second-order valence-electron chi connectivity index (χ2n) is 5.88. The van der Waals surface area contributed by atoms with Gasteiger partial charge in [-0.3, -0.25) is 4.79 Å². The number of hydrogen-bond donors (Lipinski definition) is 1. The third-order valence-corrected chi connectivity index (χ3v) is 3.52. The summed E-state index contributed by atoms with van der Waals surface area (Å²) in [6, 6.07) is 0.152. The van der Waals surface area contributed by atoms with Gasteiger partial charge in [-0.2, -0.15) is 0 Å². The SMILES string of the molecule is CCCNC1COCC1C(=O)N(CCOC)CC(C)C. The van der Waals surface area contributed by atoms with Crippen LogP contribution in [-0.4, -0.2) is 63.4 Å². The third-order valence-electron chi connectivity index (χ3n) is 3.52. The van der Waals surface area contributed by atoms with Crippen molar-refractivity contribution in [3.63, 3.8) is 0 Å². The van der Waals surface area contributed by atoms with Gasteiger partial charge >= 0.3 is 0 Å². The Morgan fingerprint density at radius 1 is 1.45 bits per heavy atom. The molecule has 0 aliphatic carbocycles. The number of amides is 1. The Kier molecular flexibility index (Phi) is 8.11. The van der Waals surface area contributed by atoms with Crippen molar-refractivity contribution in [1.82, 2.24) is 10.2 Å².